The summed E-state index contributed by atoms with van der Waals surface area (Å²) in [7, 11) is 0. The number of fused-ring (bicyclic) bond motifs is 1. The van der Waals surface area contributed by atoms with E-state index in [1.807, 2.05) is 0 Å². The van der Waals surface area contributed by atoms with Crippen LogP contribution in [0.25, 0.3) is 0 Å². The topological polar surface area (TPSA) is 96.3 Å². The largest absolute Gasteiger partial charge is 0.550 e. The zero-order chi connectivity index (χ0) is 12.3. The molecular weight excluding hydrogens is 222 g/mol. The van der Waals surface area contributed by atoms with E-state index in [-0.39, 0.29) is 11.6 Å². The molecule has 102 valence electrons. The molecule has 2 aliphatic heterocycles. The molecule has 17 heavy (non-hydrogen) atoms. The van der Waals surface area contributed by atoms with Crippen LogP contribution in [0.5, 0.6) is 0 Å². The minimum absolute atomic E-state index is 0. The molecule has 2 heterocycles. The highest BCUT2D eigenvalue weighted by molar-refractivity contribution is 5.60. The molecule has 0 spiro atoms. The first-order chi connectivity index (χ1) is 7.33. The number of hydrogen-bond donors (Lipinski definition) is 2. The van der Waals surface area contributed by atoms with Crippen molar-refractivity contribution in [2.75, 3.05) is 6.54 Å². The van der Waals surface area contributed by atoms with Crippen molar-refractivity contribution in [3.8, 4) is 0 Å². The number of aliphatic carboxylic acids is 1. The number of hydrogen-bond acceptors (Lipinski definition) is 3. The number of carbonyl (C=O) groups excluding carboxylic acids is 1. The van der Waals surface area contributed by atoms with Crippen molar-refractivity contribution in [3.05, 3.63) is 0 Å². The molecule has 0 aromatic heterocycles. The predicted molar refractivity (Wildman–Crippen MR) is 62.5 cm³/mol. The molecule has 1 unspecified atom stereocenters. The van der Waals surface area contributed by atoms with Crippen molar-refractivity contribution < 1.29 is 25.4 Å². The Balaban J connectivity index is 0.000000453. The summed E-state index contributed by atoms with van der Waals surface area (Å²) in [5.74, 6) is -1.08. The van der Waals surface area contributed by atoms with Crippen LogP contribution < -0.4 is 10.0 Å². The number of aliphatic hydroxyl groups excluding tert-OH is 1. The number of carboxylic acids is 1. The second-order valence-electron chi connectivity index (χ2n) is 5.58. The van der Waals surface area contributed by atoms with Gasteiger partial charge < -0.3 is 25.4 Å². The maximum absolute atomic E-state index is 9.68. The summed E-state index contributed by atoms with van der Waals surface area (Å²) in [6.07, 6.45) is 4.68. The molecular formula is C12H25NO4. The van der Waals surface area contributed by atoms with E-state index >= 15 is 0 Å². The Morgan fingerprint density at radius 2 is 2.00 bits per heavy atom. The molecule has 0 aliphatic carbocycles. The monoisotopic (exact) mass is 247 g/mol. The number of aliphatic hydroxyl groups is 1. The fourth-order valence-corrected chi connectivity index (χ4v) is 3.20. The van der Waals surface area contributed by atoms with E-state index in [0.717, 1.165) is 25.8 Å². The number of nitrogens with one attached hydrogen (secondary N) is 1. The SMILES string of the molecule is CC(=O)[O-].CC1(C)C[C@@H](O)C[C@@H]2CCC[NH+]21.O. The fourth-order valence-electron chi connectivity index (χ4n) is 3.20. The van der Waals surface area contributed by atoms with E-state index < -0.39 is 5.97 Å². The Kier molecular flexibility index (Phi) is 6.09. The van der Waals surface area contributed by atoms with E-state index in [4.69, 9.17) is 9.90 Å². The molecule has 2 fully saturated rings. The molecule has 5 nitrogen and oxygen atoms in total. The van der Waals surface area contributed by atoms with E-state index in [2.05, 4.69) is 13.8 Å². The normalized spacial score (nSPS) is 33.8. The lowest BCUT2D eigenvalue weighted by molar-refractivity contribution is -0.967. The van der Waals surface area contributed by atoms with Gasteiger partial charge in [0.2, 0.25) is 0 Å². The van der Waals surface area contributed by atoms with Crippen molar-refractivity contribution in [2.24, 2.45) is 0 Å². The molecule has 4 N–H and O–H groups in total. The third kappa shape index (κ3) is 4.61. The lowest BCUT2D eigenvalue weighted by atomic mass is 9.85. The zero-order valence-corrected chi connectivity index (χ0v) is 11.0. The van der Waals surface area contributed by atoms with Crippen LogP contribution in [-0.4, -0.2) is 40.8 Å². The van der Waals surface area contributed by atoms with Crippen LogP contribution in [0, 0.1) is 0 Å². The lowest BCUT2D eigenvalue weighted by Gasteiger charge is -2.42. The number of carbonyl (C=O) groups is 1. The zero-order valence-electron chi connectivity index (χ0n) is 11.0. The first-order valence-electron chi connectivity index (χ1n) is 6.05. The van der Waals surface area contributed by atoms with Gasteiger partial charge in [0, 0.05) is 31.7 Å². The molecule has 2 aliphatic rings. The second-order valence-corrected chi connectivity index (χ2v) is 5.58. The first-order valence-corrected chi connectivity index (χ1v) is 6.05. The Morgan fingerprint density at radius 1 is 1.47 bits per heavy atom. The maximum atomic E-state index is 9.68. The molecule has 0 radical (unpaired) electrons. The van der Waals surface area contributed by atoms with Crippen molar-refractivity contribution in [1.29, 1.82) is 0 Å². The van der Waals surface area contributed by atoms with Crippen molar-refractivity contribution in [3.63, 3.8) is 0 Å². The van der Waals surface area contributed by atoms with Crippen LogP contribution in [0.4, 0.5) is 0 Å². The van der Waals surface area contributed by atoms with Gasteiger partial charge in [-0.1, -0.05) is 0 Å². The highest BCUT2D eigenvalue weighted by Gasteiger charge is 2.46. The number of quaternary nitrogens is 1. The van der Waals surface area contributed by atoms with Crippen LogP contribution in [0.3, 0.4) is 0 Å². The summed E-state index contributed by atoms with van der Waals surface area (Å²) >= 11 is 0. The van der Waals surface area contributed by atoms with Gasteiger partial charge in [0.25, 0.3) is 0 Å². The van der Waals surface area contributed by atoms with Gasteiger partial charge in [-0.2, -0.15) is 0 Å². The van der Waals surface area contributed by atoms with Gasteiger partial charge in [0.15, 0.2) is 0 Å². The number of rotatable bonds is 0. The molecule has 0 amide bonds. The standard InChI is InChI=1S/C10H19NO.C2H4O2.H2O/c1-10(2)7-9(12)6-8-4-3-5-11(8)10;1-2(3)4;/h8-9,12H,3-7H2,1-2H3;1H3,(H,3,4);1H2/t8-,9-;;/m0../s1. The van der Waals surface area contributed by atoms with Gasteiger partial charge in [-0.3, -0.25) is 0 Å². The number of carboxylic acid groups (broad SMARTS) is 1. The van der Waals surface area contributed by atoms with Gasteiger partial charge in [-0.05, 0) is 20.8 Å². The van der Waals surface area contributed by atoms with Gasteiger partial charge in [0.1, 0.15) is 0 Å². The van der Waals surface area contributed by atoms with Crippen LogP contribution in [-0.2, 0) is 4.79 Å². The lowest BCUT2D eigenvalue weighted by Crippen LogP contribution is -3.22. The molecule has 0 aromatic carbocycles. The Morgan fingerprint density at radius 3 is 2.53 bits per heavy atom. The van der Waals surface area contributed by atoms with Gasteiger partial charge in [-0.15, -0.1) is 0 Å². The third-order valence-electron chi connectivity index (χ3n) is 3.66. The smallest absolute Gasteiger partial charge is 0.0947 e. The highest BCUT2D eigenvalue weighted by Crippen LogP contribution is 2.22. The van der Waals surface area contributed by atoms with Crippen molar-refractivity contribution >= 4 is 5.97 Å². The highest BCUT2D eigenvalue weighted by atomic mass is 16.4. The van der Waals surface area contributed by atoms with Gasteiger partial charge in [0.05, 0.1) is 24.2 Å². The quantitative estimate of drug-likeness (QED) is 0.513. The average molecular weight is 247 g/mol. The van der Waals surface area contributed by atoms with Crippen LogP contribution in [0.2, 0.25) is 0 Å². The molecule has 0 bridgehead atoms. The molecule has 0 saturated carbocycles. The molecule has 2 saturated heterocycles. The second kappa shape index (κ2) is 6.33. The third-order valence-corrected chi connectivity index (χ3v) is 3.66. The van der Waals surface area contributed by atoms with E-state index in [0.29, 0.717) is 5.54 Å². The summed E-state index contributed by atoms with van der Waals surface area (Å²) in [6.45, 7) is 6.89. The Labute approximate surface area is 103 Å². The fraction of sp³-hybridized carbons (Fsp3) is 0.917. The summed E-state index contributed by atoms with van der Waals surface area (Å²) in [4.78, 5) is 10.6. The molecule has 3 atom stereocenters. The summed E-state index contributed by atoms with van der Waals surface area (Å²) < 4.78 is 0. The first kappa shape index (κ1) is 16.4. The van der Waals surface area contributed by atoms with Crippen LogP contribution in [0.15, 0.2) is 0 Å². The molecule has 5 heteroatoms. The van der Waals surface area contributed by atoms with Gasteiger partial charge in [-0.25, -0.2) is 0 Å². The van der Waals surface area contributed by atoms with Crippen LogP contribution in [0.1, 0.15) is 46.5 Å². The summed E-state index contributed by atoms with van der Waals surface area (Å²) in [5, 5.41) is 18.6. The molecule has 0 aromatic rings. The van der Waals surface area contributed by atoms with E-state index in [1.54, 1.807) is 4.90 Å². The van der Waals surface area contributed by atoms with Crippen molar-refractivity contribution in [1.82, 2.24) is 0 Å². The summed E-state index contributed by atoms with van der Waals surface area (Å²) in [6, 6.07) is 0.753. The minimum atomic E-state index is -1.08. The van der Waals surface area contributed by atoms with Crippen molar-refractivity contribution in [2.45, 2.75) is 64.1 Å². The van der Waals surface area contributed by atoms with E-state index in [9.17, 15) is 5.11 Å². The minimum Gasteiger partial charge on any atom is -0.550 e. The predicted octanol–water partition coefficient (Wildman–Crippen LogP) is -2.10. The van der Waals surface area contributed by atoms with E-state index in [1.165, 1.54) is 19.4 Å². The maximum Gasteiger partial charge on any atom is 0.0947 e. The van der Waals surface area contributed by atoms with Crippen LogP contribution >= 0.6 is 0 Å². The molecule has 2 rings (SSSR count). The summed E-state index contributed by atoms with van der Waals surface area (Å²) in [5.41, 5.74) is 0.318. The Bertz CT molecular complexity index is 251. The Hall–Kier alpha value is -0.650. The van der Waals surface area contributed by atoms with Gasteiger partial charge >= 0.3 is 0 Å². The number of piperidine rings is 1. The average Bonchev–Trinajstić information content (AvgIpc) is 2.48.